The topological polar surface area (TPSA) is 124 Å². The molecule has 0 spiro atoms. The van der Waals surface area contributed by atoms with Crippen LogP contribution in [0.4, 0.5) is 0 Å². The molecule has 1 aliphatic heterocycles. The van der Waals surface area contributed by atoms with Crippen LogP contribution in [0.3, 0.4) is 0 Å². The molecule has 0 aromatic heterocycles. The van der Waals surface area contributed by atoms with Gasteiger partial charge in [-0.2, -0.15) is 17.4 Å². The summed E-state index contributed by atoms with van der Waals surface area (Å²) in [4.78, 5) is 21.3. The monoisotopic (exact) mass is 294 g/mol. The SMILES string of the molecule is O=C(O)CCC(NS(=O)(=O)N1CCCCC1)C(=O)O. The lowest BCUT2D eigenvalue weighted by Gasteiger charge is -2.27. The van der Waals surface area contributed by atoms with E-state index in [0.717, 1.165) is 19.3 Å². The molecule has 1 aliphatic rings. The van der Waals surface area contributed by atoms with Crippen LogP contribution in [0.1, 0.15) is 32.1 Å². The van der Waals surface area contributed by atoms with E-state index in [4.69, 9.17) is 10.2 Å². The van der Waals surface area contributed by atoms with Crippen LogP contribution in [-0.4, -0.2) is 54.0 Å². The van der Waals surface area contributed by atoms with Gasteiger partial charge in [-0.25, -0.2) is 0 Å². The van der Waals surface area contributed by atoms with E-state index >= 15 is 0 Å². The Labute approximate surface area is 111 Å². The van der Waals surface area contributed by atoms with Gasteiger partial charge in [-0.3, -0.25) is 9.59 Å². The number of hydrogen-bond donors (Lipinski definition) is 3. The number of rotatable bonds is 7. The second-order valence-corrected chi connectivity index (χ2v) is 6.11. The van der Waals surface area contributed by atoms with Gasteiger partial charge in [0.25, 0.3) is 10.2 Å². The average molecular weight is 294 g/mol. The Morgan fingerprint density at radius 3 is 2.21 bits per heavy atom. The van der Waals surface area contributed by atoms with E-state index in [1.54, 1.807) is 0 Å². The molecule has 0 saturated carbocycles. The molecule has 1 fully saturated rings. The number of hydrogen-bond acceptors (Lipinski definition) is 4. The average Bonchev–Trinajstić information content (AvgIpc) is 2.35. The molecule has 0 amide bonds. The molecule has 19 heavy (non-hydrogen) atoms. The van der Waals surface area contributed by atoms with Gasteiger partial charge in [-0.05, 0) is 19.3 Å². The summed E-state index contributed by atoms with van der Waals surface area (Å²) in [5.74, 6) is -2.54. The van der Waals surface area contributed by atoms with Crippen molar-refractivity contribution >= 4 is 22.1 Å². The predicted molar refractivity (Wildman–Crippen MR) is 65.8 cm³/mol. The molecule has 0 aliphatic carbocycles. The highest BCUT2D eigenvalue weighted by Crippen LogP contribution is 2.13. The van der Waals surface area contributed by atoms with Gasteiger partial charge in [0.15, 0.2) is 0 Å². The maximum Gasteiger partial charge on any atom is 0.321 e. The van der Waals surface area contributed by atoms with Gasteiger partial charge in [-0.15, -0.1) is 0 Å². The molecule has 1 atom stereocenters. The first-order chi connectivity index (χ1) is 8.83. The molecule has 110 valence electrons. The molecule has 0 radical (unpaired) electrons. The van der Waals surface area contributed by atoms with Crippen molar-refractivity contribution < 1.29 is 28.2 Å². The van der Waals surface area contributed by atoms with Crippen LogP contribution in [0.2, 0.25) is 0 Å². The number of nitrogens with zero attached hydrogens (tertiary/aromatic N) is 1. The standard InChI is InChI=1S/C10H18N2O6S/c13-9(14)5-4-8(10(15)16)11-19(17,18)12-6-2-1-3-7-12/h8,11H,1-7H2,(H,13,14)(H,15,16). The van der Waals surface area contributed by atoms with Gasteiger partial charge < -0.3 is 10.2 Å². The molecular formula is C10H18N2O6S. The highest BCUT2D eigenvalue weighted by molar-refractivity contribution is 7.87. The quantitative estimate of drug-likeness (QED) is 0.588. The molecule has 1 saturated heterocycles. The Balaban J connectivity index is 2.65. The van der Waals surface area contributed by atoms with Crippen molar-refractivity contribution in [3.63, 3.8) is 0 Å². The fourth-order valence-corrected chi connectivity index (χ4v) is 3.33. The second-order valence-electron chi connectivity index (χ2n) is 4.41. The molecule has 3 N–H and O–H groups in total. The van der Waals surface area contributed by atoms with Crippen molar-refractivity contribution in [2.24, 2.45) is 0 Å². The first-order valence-corrected chi connectivity index (χ1v) is 7.49. The van der Waals surface area contributed by atoms with Crippen molar-refractivity contribution in [3.05, 3.63) is 0 Å². The number of nitrogens with one attached hydrogen (secondary N) is 1. The van der Waals surface area contributed by atoms with Gasteiger partial charge in [0.1, 0.15) is 6.04 Å². The Morgan fingerprint density at radius 1 is 1.16 bits per heavy atom. The Bertz CT molecular complexity index is 429. The van der Waals surface area contributed by atoms with Crippen molar-refractivity contribution in [2.75, 3.05) is 13.1 Å². The number of carboxylic acids is 2. The highest BCUT2D eigenvalue weighted by Gasteiger charge is 2.29. The lowest BCUT2D eigenvalue weighted by atomic mass is 10.2. The number of piperidine rings is 1. The van der Waals surface area contributed by atoms with Crippen molar-refractivity contribution in [1.82, 2.24) is 9.03 Å². The molecule has 9 heteroatoms. The molecule has 0 bridgehead atoms. The van der Waals surface area contributed by atoms with Crippen LogP contribution in [0, 0.1) is 0 Å². The fourth-order valence-electron chi connectivity index (χ4n) is 1.86. The zero-order chi connectivity index (χ0) is 14.5. The van der Waals surface area contributed by atoms with Gasteiger partial charge in [-0.1, -0.05) is 6.42 Å². The summed E-state index contributed by atoms with van der Waals surface area (Å²) in [6.07, 6.45) is 1.76. The minimum absolute atomic E-state index is 0.280. The molecule has 1 rings (SSSR count). The lowest BCUT2D eigenvalue weighted by molar-refractivity contribution is -0.140. The van der Waals surface area contributed by atoms with Crippen molar-refractivity contribution in [1.29, 1.82) is 0 Å². The summed E-state index contributed by atoms with van der Waals surface area (Å²) in [5, 5.41) is 17.4. The van der Waals surface area contributed by atoms with E-state index in [1.165, 1.54) is 4.31 Å². The summed E-state index contributed by atoms with van der Waals surface area (Å²) in [6.45, 7) is 0.723. The Hall–Kier alpha value is -1.19. The van der Waals surface area contributed by atoms with E-state index in [-0.39, 0.29) is 6.42 Å². The molecule has 1 unspecified atom stereocenters. The van der Waals surface area contributed by atoms with Crippen molar-refractivity contribution in [3.8, 4) is 0 Å². The third-order valence-corrected chi connectivity index (χ3v) is 4.52. The fraction of sp³-hybridized carbons (Fsp3) is 0.800. The minimum Gasteiger partial charge on any atom is -0.481 e. The van der Waals surface area contributed by atoms with Crippen LogP contribution in [0.15, 0.2) is 0 Å². The minimum atomic E-state index is -3.87. The van der Waals surface area contributed by atoms with Crippen LogP contribution in [0.25, 0.3) is 0 Å². The maximum atomic E-state index is 11.9. The van der Waals surface area contributed by atoms with Crippen LogP contribution >= 0.6 is 0 Å². The van der Waals surface area contributed by atoms with E-state index < -0.39 is 34.6 Å². The predicted octanol–water partition coefficient (Wildman–Crippen LogP) is -0.375. The molecule has 1 heterocycles. The van der Waals surface area contributed by atoms with E-state index in [0.29, 0.717) is 13.1 Å². The second kappa shape index (κ2) is 6.83. The number of carboxylic acid groups (broad SMARTS) is 2. The van der Waals surface area contributed by atoms with Gasteiger partial charge in [0.2, 0.25) is 0 Å². The smallest absolute Gasteiger partial charge is 0.321 e. The number of aliphatic carboxylic acids is 2. The largest absolute Gasteiger partial charge is 0.481 e. The molecule has 0 aromatic rings. The van der Waals surface area contributed by atoms with Crippen LogP contribution < -0.4 is 4.72 Å². The summed E-state index contributed by atoms with van der Waals surface area (Å²) in [5.41, 5.74) is 0. The van der Waals surface area contributed by atoms with E-state index in [2.05, 4.69) is 4.72 Å². The third-order valence-electron chi connectivity index (χ3n) is 2.89. The summed E-state index contributed by atoms with van der Waals surface area (Å²) < 4.78 is 27.2. The molecule has 8 nitrogen and oxygen atoms in total. The van der Waals surface area contributed by atoms with Gasteiger partial charge in [0.05, 0.1) is 0 Å². The summed E-state index contributed by atoms with van der Waals surface area (Å²) in [7, 11) is -3.87. The van der Waals surface area contributed by atoms with Gasteiger partial charge in [0, 0.05) is 19.5 Å². The van der Waals surface area contributed by atoms with Crippen LogP contribution in [-0.2, 0) is 19.8 Å². The van der Waals surface area contributed by atoms with Crippen molar-refractivity contribution in [2.45, 2.75) is 38.1 Å². The zero-order valence-electron chi connectivity index (χ0n) is 10.4. The normalized spacial score (nSPS) is 18.9. The summed E-state index contributed by atoms with van der Waals surface area (Å²) in [6, 6.07) is -1.41. The summed E-state index contributed by atoms with van der Waals surface area (Å²) >= 11 is 0. The van der Waals surface area contributed by atoms with E-state index in [9.17, 15) is 18.0 Å². The van der Waals surface area contributed by atoms with Crippen LogP contribution in [0.5, 0.6) is 0 Å². The highest BCUT2D eigenvalue weighted by atomic mass is 32.2. The molecular weight excluding hydrogens is 276 g/mol. The maximum absolute atomic E-state index is 11.9. The lowest BCUT2D eigenvalue weighted by Crippen LogP contribution is -2.49. The zero-order valence-corrected chi connectivity index (χ0v) is 11.2. The Kier molecular flexibility index (Phi) is 5.70. The van der Waals surface area contributed by atoms with E-state index in [1.807, 2.05) is 0 Å². The first kappa shape index (κ1) is 15.9. The first-order valence-electron chi connectivity index (χ1n) is 6.05. The number of carbonyl (C=O) groups is 2. The van der Waals surface area contributed by atoms with Gasteiger partial charge >= 0.3 is 11.9 Å². The third kappa shape index (κ3) is 5.13. The molecule has 0 aromatic carbocycles. The Morgan fingerprint density at radius 2 is 1.74 bits per heavy atom.